The molecule has 0 aliphatic rings. The summed E-state index contributed by atoms with van der Waals surface area (Å²) in [6.45, 7) is 2.52. The molecule has 0 aliphatic carbocycles. The third-order valence-electron chi connectivity index (χ3n) is 2.72. The van der Waals surface area contributed by atoms with Crippen LogP contribution < -0.4 is 10.5 Å². The van der Waals surface area contributed by atoms with Crippen LogP contribution in [0.2, 0.25) is 5.02 Å². The number of hydrogen-bond acceptors (Lipinski definition) is 2. The fourth-order valence-corrected chi connectivity index (χ4v) is 2.00. The molecule has 0 aromatic heterocycles. The third kappa shape index (κ3) is 3.69. The van der Waals surface area contributed by atoms with Crippen LogP contribution in [-0.2, 0) is 6.61 Å². The Morgan fingerprint density at radius 3 is 2.53 bits per heavy atom. The van der Waals surface area contributed by atoms with Gasteiger partial charge in [0.1, 0.15) is 17.3 Å². The maximum Gasteiger partial charge on any atom is 0.130 e. The fraction of sp³-hybridized carbons (Fsp3) is 0.133. The van der Waals surface area contributed by atoms with Gasteiger partial charge in [0.25, 0.3) is 0 Å². The Labute approximate surface area is 123 Å². The second-order valence-corrected chi connectivity index (χ2v) is 5.16. The zero-order chi connectivity index (χ0) is 13.8. The van der Waals surface area contributed by atoms with Gasteiger partial charge < -0.3 is 10.5 Å². The van der Waals surface area contributed by atoms with Crippen molar-refractivity contribution in [2.45, 2.75) is 13.5 Å². The minimum Gasteiger partial charge on any atom is -0.488 e. The lowest BCUT2D eigenvalue weighted by Crippen LogP contribution is -2.11. The monoisotopic (exact) mass is 291 g/mol. The fourth-order valence-electron chi connectivity index (χ4n) is 1.67. The number of halogens is 1. The molecule has 2 aromatic carbocycles. The van der Waals surface area contributed by atoms with E-state index in [1.54, 1.807) is 18.2 Å². The normalized spacial score (nSPS) is 10.2. The van der Waals surface area contributed by atoms with Gasteiger partial charge in [0.05, 0.1) is 5.56 Å². The van der Waals surface area contributed by atoms with E-state index >= 15 is 0 Å². The van der Waals surface area contributed by atoms with Crippen LogP contribution >= 0.6 is 23.8 Å². The Morgan fingerprint density at radius 1 is 1.21 bits per heavy atom. The van der Waals surface area contributed by atoms with Crippen molar-refractivity contribution in [3.63, 3.8) is 0 Å². The van der Waals surface area contributed by atoms with Gasteiger partial charge in [0.15, 0.2) is 0 Å². The smallest absolute Gasteiger partial charge is 0.130 e. The van der Waals surface area contributed by atoms with Crippen LogP contribution in [0.3, 0.4) is 0 Å². The van der Waals surface area contributed by atoms with Crippen LogP contribution in [0.5, 0.6) is 5.75 Å². The predicted octanol–water partition coefficient (Wildman–Crippen LogP) is 3.86. The predicted molar refractivity (Wildman–Crippen MR) is 82.9 cm³/mol. The molecule has 2 nitrogen and oxygen atoms in total. The molecule has 4 heteroatoms. The molecule has 0 radical (unpaired) electrons. The topological polar surface area (TPSA) is 35.2 Å². The van der Waals surface area contributed by atoms with Crippen molar-refractivity contribution in [2.75, 3.05) is 0 Å². The highest BCUT2D eigenvalue weighted by atomic mass is 35.5. The van der Waals surface area contributed by atoms with Gasteiger partial charge in [0, 0.05) is 5.02 Å². The molecular formula is C15H14ClNOS. The molecular weight excluding hydrogens is 278 g/mol. The van der Waals surface area contributed by atoms with Crippen molar-refractivity contribution in [3.05, 3.63) is 64.2 Å². The average Bonchev–Trinajstić information content (AvgIpc) is 2.39. The summed E-state index contributed by atoms with van der Waals surface area (Å²) in [6, 6.07) is 13.4. The number of aryl methyl sites for hydroxylation is 1. The van der Waals surface area contributed by atoms with Crippen molar-refractivity contribution < 1.29 is 4.74 Å². The lowest BCUT2D eigenvalue weighted by Gasteiger charge is -2.11. The second-order valence-electron chi connectivity index (χ2n) is 4.28. The summed E-state index contributed by atoms with van der Waals surface area (Å²) < 4.78 is 5.75. The maximum absolute atomic E-state index is 5.92. The first-order valence-electron chi connectivity index (χ1n) is 5.84. The summed E-state index contributed by atoms with van der Waals surface area (Å²) in [6.07, 6.45) is 0. The Hall–Kier alpha value is -1.58. The van der Waals surface area contributed by atoms with Crippen molar-refractivity contribution in [1.29, 1.82) is 0 Å². The van der Waals surface area contributed by atoms with E-state index in [-0.39, 0.29) is 4.99 Å². The molecule has 2 rings (SSSR count). The molecule has 0 saturated carbocycles. The van der Waals surface area contributed by atoms with Gasteiger partial charge in [-0.05, 0) is 30.7 Å². The Bertz CT molecular complexity index is 596. The van der Waals surface area contributed by atoms with Crippen molar-refractivity contribution in [2.24, 2.45) is 5.73 Å². The van der Waals surface area contributed by atoms with Crippen molar-refractivity contribution in [1.82, 2.24) is 0 Å². The summed E-state index contributed by atoms with van der Waals surface area (Å²) in [4.78, 5) is 0.279. The van der Waals surface area contributed by atoms with Crippen molar-refractivity contribution in [3.8, 4) is 5.75 Å². The van der Waals surface area contributed by atoms with E-state index in [0.29, 0.717) is 22.9 Å². The van der Waals surface area contributed by atoms with E-state index in [0.717, 1.165) is 5.56 Å². The second kappa shape index (κ2) is 6.04. The molecule has 2 aromatic rings. The molecule has 0 aliphatic heterocycles. The minimum atomic E-state index is 0.279. The number of benzene rings is 2. The quantitative estimate of drug-likeness (QED) is 0.869. The highest BCUT2D eigenvalue weighted by Crippen LogP contribution is 2.23. The van der Waals surface area contributed by atoms with E-state index in [1.165, 1.54) is 5.56 Å². The van der Waals surface area contributed by atoms with E-state index in [4.69, 9.17) is 34.3 Å². The van der Waals surface area contributed by atoms with Gasteiger partial charge in [-0.25, -0.2) is 0 Å². The number of thiocarbonyl (C=S) groups is 1. The zero-order valence-corrected chi connectivity index (χ0v) is 12.1. The van der Waals surface area contributed by atoms with Crippen LogP contribution in [0.25, 0.3) is 0 Å². The molecule has 0 spiro atoms. The molecule has 2 N–H and O–H groups in total. The Kier molecular flexibility index (Phi) is 4.40. The molecule has 0 fully saturated rings. The summed E-state index contributed by atoms with van der Waals surface area (Å²) in [5.74, 6) is 0.650. The number of nitrogens with two attached hydrogens (primary N) is 1. The summed E-state index contributed by atoms with van der Waals surface area (Å²) in [5, 5.41) is 0.588. The van der Waals surface area contributed by atoms with Gasteiger partial charge in [-0.1, -0.05) is 53.6 Å². The molecule has 98 valence electrons. The number of hydrogen-bond donors (Lipinski definition) is 1. The van der Waals surface area contributed by atoms with Gasteiger partial charge in [-0.15, -0.1) is 0 Å². The van der Waals surface area contributed by atoms with Crippen LogP contribution in [0, 0.1) is 6.92 Å². The van der Waals surface area contributed by atoms with Crippen LogP contribution in [0.4, 0.5) is 0 Å². The van der Waals surface area contributed by atoms with Gasteiger partial charge in [-0.2, -0.15) is 0 Å². The Balaban J connectivity index is 2.15. The van der Waals surface area contributed by atoms with Crippen LogP contribution in [0.1, 0.15) is 16.7 Å². The molecule has 0 amide bonds. The van der Waals surface area contributed by atoms with E-state index in [1.807, 2.05) is 12.1 Å². The molecule has 0 heterocycles. The third-order valence-corrected chi connectivity index (χ3v) is 3.18. The maximum atomic E-state index is 5.92. The van der Waals surface area contributed by atoms with E-state index in [9.17, 15) is 0 Å². The first kappa shape index (κ1) is 13.8. The summed E-state index contributed by atoms with van der Waals surface area (Å²) in [7, 11) is 0. The summed E-state index contributed by atoms with van der Waals surface area (Å²) in [5.41, 5.74) is 8.64. The number of ether oxygens (including phenoxy) is 1. The van der Waals surface area contributed by atoms with Crippen molar-refractivity contribution >= 4 is 28.8 Å². The zero-order valence-electron chi connectivity index (χ0n) is 10.5. The molecule has 0 unspecified atom stereocenters. The minimum absolute atomic E-state index is 0.279. The van der Waals surface area contributed by atoms with Gasteiger partial charge in [-0.3, -0.25) is 0 Å². The first-order chi connectivity index (χ1) is 9.06. The van der Waals surface area contributed by atoms with E-state index in [2.05, 4.69) is 19.1 Å². The Morgan fingerprint density at radius 2 is 1.89 bits per heavy atom. The lowest BCUT2D eigenvalue weighted by atomic mass is 10.1. The molecule has 0 atom stereocenters. The number of rotatable bonds is 4. The van der Waals surface area contributed by atoms with Crippen LogP contribution in [-0.4, -0.2) is 4.99 Å². The lowest BCUT2D eigenvalue weighted by molar-refractivity contribution is 0.305. The van der Waals surface area contributed by atoms with E-state index < -0.39 is 0 Å². The summed E-state index contributed by atoms with van der Waals surface area (Å²) >= 11 is 10.9. The highest BCUT2D eigenvalue weighted by molar-refractivity contribution is 7.80. The highest BCUT2D eigenvalue weighted by Gasteiger charge is 2.07. The van der Waals surface area contributed by atoms with Gasteiger partial charge in [0.2, 0.25) is 0 Å². The average molecular weight is 292 g/mol. The molecule has 0 bridgehead atoms. The standard InChI is InChI=1S/C15H14ClNOS/c1-10-2-4-11(5-3-10)9-18-14-7-6-12(16)8-13(14)15(17)19/h2-8H,9H2,1H3,(H2,17,19). The molecule has 0 saturated heterocycles. The van der Waals surface area contributed by atoms with Gasteiger partial charge >= 0.3 is 0 Å². The molecule has 19 heavy (non-hydrogen) atoms. The largest absolute Gasteiger partial charge is 0.488 e. The van der Waals surface area contributed by atoms with Crippen LogP contribution in [0.15, 0.2) is 42.5 Å². The SMILES string of the molecule is Cc1ccc(COc2ccc(Cl)cc2C(N)=S)cc1. The first-order valence-corrected chi connectivity index (χ1v) is 6.62.